The van der Waals surface area contributed by atoms with E-state index < -0.39 is 0 Å². The van der Waals surface area contributed by atoms with Crippen LogP contribution in [0, 0.1) is 0 Å². The number of hydrogen-bond donors (Lipinski definition) is 1. The molecule has 0 aliphatic heterocycles. The second-order valence-electron chi connectivity index (χ2n) is 5.79. The van der Waals surface area contributed by atoms with Crippen molar-refractivity contribution in [3.05, 3.63) is 46.3 Å². The van der Waals surface area contributed by atoms with Crippen molar-refractivity contribution < 1.29 is 14.3 Å². The number of carbonyl (C=O) groups is 2. The van der Waals surface area contributed by atoms with Crippen molar-refractivity contribution in [1.29, 1.82) is 0 Å². The van der Waals surface area contributed by atoms with Crippen LogP contribution in [0.1, 0.15) is 27.2 Å². The Morgan fingerprint density at radius 2 is 2.00 bits per heavy atom. The molecule has 0 fully saturated rings. The number of thiophene rings is 1. The van der Waals surface area contributed by atoms with Crippen LogP contribution in [0.2, 0.25) is 0 Å². The maximum absolute atomic E-state index is 12.4. The molecule has 0 saturated heterocycles. The van der Waals surface area contributed by atoms with E-state index in [0.717, 1.165) is 30.5 Å². The highest BCUT2D eigenvalue weighted by Gasteiger charge is 2.28. The summed E-state index contributed by atoms with van der Waals surface area (Å²) in [5.41, 5.74) is 2.54. The molecule has 0 unspecified atom stereocenters. The lowest BCUT2D eigenvalue weighted by molar-refractivity contribution is -0.114. The predicted octanol–water partition coefficient (Wildman–Crippen LogP) is 3.10. The van der Waals surface area contributed by atoms with Crippen molar-refractivity contribution in [3.63, 3.8) is 0 Å². The second kappa shape index (κ2) is 7.05. The molecule has 1 aromatic carbocycles. The summed E-state index contributed by atoms with van der Waals surface area (Å²) in [5.74, 6) is -0.521. The number of nitrogens with one attached hydrogen (secondary N) is 1. The van der Waals surface area contributed by atoms with E-state index in [2.05, 4.69) is 5.32 Å². The average molecular weight is 344 g/mol. The molecule has 126 valence electrons. The minimum Gasteiger partial charge on any atom is -0.465 e. The van der Waals surface area contributed by atoms with E-state index in [9.17, 15) is 9.59 Å². The third-order valence-corrected chi connectivity index (χ3v) is 5.35. The summed E-state index contributed by atoms with van der Waals surface area (Å²) in [6, 6.07) is 9.71. The number of rotatable bonds is 5. The summed E-state index contributed by atoms with van der Waals surface area (Å²) >= 11 is 1.49. The normalized spacial score (nSPS) is 12.6. The lowest BCUT2D eigenvalue weighted by Gasteiger charge is -2.18. The molecule has 1 aliphatic carbocycles. The molecule has 0 radical (unpaired) electrons. The van der Waals surface area contributed by atoms with E-state index in [4.69, 9.17) is 4.74 Å². The van der Waals surface area contributed by atoms with Crippen LogP contribution >= 0.6 is 11.3 Å². The smallest absolute Gasteiger partial charge is 0.341 e. The van der Waals surface area contributed by atoms with Gasteiger partial charge in [0.2, 0.25) is 5.91 Å². The second-order valence-corrected chi connectivity index (χ2v) is 6.90. The third kappa shape index (κ3) is 3.28. The average Bonchev–Trinajstić information content (AvgIpc) is 3.15. The number of benzene rings is 1. The molecule has 24 heavy (non-hydrogen) atoms. The lowest BCUT2D eigenvalue weighted by Crippen LogP contribution is -2.30. The van der Waals surface area contributed by atoms with Gasteiger partial charge in [-0.15, -0.1) is 11.3 Å². The molecule has 2 aromatic rings. The zero-order chi connectivity index (χ0) is 17.1. The van der Waals surface area contributed by atoms with Crippen LogP contribution in [0.15, 0.2) is 30.3 Å². The first-order valence-corrected chi connectivity index (χ1v) is 8.70. The minimum atomic E-state index is -0.374. The number of fused-ring (bicyclic) bond motifs is 1. The molecule has 1 aromatic heterocycles. The molecule has 6 heteroatoms. The Balaban J connectivity index is 1.74. The first kappa shape index (κ1) is 16.5. The number of nitrogens with zero attached hydrogens (tertiary/aromatic N) is 1. The van der Waals surface area contributed by atoms with Gasteiger partial charge in [-0.25, -0.2) is 4.79 Å². The highest BCUT2D eigenvalue weighted by atomic mass is 32.1. The highest BCUT2D eigenvalue weighted by molar-refractivity contribution is 7.17. The number of likely N-dealkylation sites (N-methyl/N-ethyl adjacent to an activating group) is 1. The molecule has 1 amide bonds. The zero-order valence-electron chi connectivity index (χ0n) is 13.8. The van der Waals surface area contributed by atoms with Crippen molar-refractivity contribution in [1.82, 2.24) is 0 Å². The lowest BCUT2D eigenvalue weighted by atomic mass is 10.1. The number of hydrogen-bond acceptors (Lipinski definition) is 5. The number of ether oxygens (including phenoxy) is 1. The van der Waals surface area contributed by atoms with Gasteiger partial charge in [-0.3, -0.25) is 4.79 Å². The molecule has 0 atom stereocenters. The Bertz CT molecular complexity index is 755. The van der Waals surface area contributed by atoms with Gasteiger partial charge >= 0.3 is 5.97 Å². The van der Waals surface area contributed by atoms with Crippen LogP contribution in [0.3, 0.4) is 0 Å². The van der Waals surface area contributed by atoms with Crippen molar-refractivity contribution in [2.75, 3.05) is 30.9 Å². The van der Waals surface area contributed by atoms with Crippen LogP contribution in [0.4, 0.5) is 10.7 Å². The van der Waals surface area contributed by atoms with Gasteiger partial charge < -0.3 is 15.0 Å². The molecule has 0 spiro atoms. The van der Waals surface area contributed by atoms with Gasteiger partial charge in [0, 0.05) is 17.6 Å². The van der Waals surface area contributed by atoms with E-state index >= 15 is 0 Å². The SMILES string of the molecule is COC(=O)c1c(NC(=O)CN(C)c2ccccc2)sc2c1CCC2. The summed E-state index contributed by atoms with van der Waals surface area (Å²) in [6.07, 6.45) is 2.88. The van der Waals surface area contributed by atoms with E-state index in [0.29, 0.717) is 10.6 Å². The maximum atomic E-state index is 12.4. The van der Waals surface area contributed by atoms with Crippen LogP contribution < -0.4 is 10.2 Å². The van der Waals surface area contributed by atoms with Gasteiger partial charge in [0.15, 0.2) is 0 Å². The topological polar surface area (TPSA) is 58.6 Å². The van der Waals surface area contributed by atoms with E-state index in [1.54, 1.807) is 0 Å². The van der Waals surface area contributed by atoms with Gasteiger partial charge in [0.25, 0.3) is 0 Å². The van der Waals surface area contributed by atoms with Gasteiger partial charge in [-0.2, -0.15) is 0 Å². The molecular weight excluding hydrogens is 324 g/mol. The Labute approximate surface area is 145 Å². The Kier molecular flexibility index (Phi) is 4.85. The van der Waals surface area contributed by atoms with Gasteiger partial charge in [-0.05, 0) is 37.0 Å². The first-order chi connectivity index (χ1) is 11.6. The molecule has 1 aliphatic rings. The summed E-state index contributed by atoms with van der Waals surface area (Å²) in [6.45, 7) is 0.215. The quantitative estimate of drug-likeness (QED) is 0.847. The summed E-state index contributed by atoms with van der Waals surface area (Å²) < 4.78 is 4.90. The molecule has 0 saturated carbocycles. The monoisotopic (exact) mass is 344 g/mol. The van der Waals surface area contributed by atoms with E-state index in [1.165, 1.54) is 23.3 Å². The Morgan fingerprint density at radius 1 is 1.25 bits per heavy atom. The van der Waals surface area contributed by atoms with Gasteiger partial charge in [0.05, 0.1) is 19.2 Å². The number of methoxy groups -OCH3 is 1. The van der Waals surface area contributed by atoms with Crippen molar-refractivity contribution in [2.45, 2.75) is 19.3 Å². The van der Waals surface area contributed by atoms with Gasteiger partial charge in [-0.1, -0.05) is 18.2 Å². The van der Waals surface area contributed by atoms with Crippen LogP contribution in [0.5, 0.6) is 0 Å². The first-order valence-electron chi connectivity index (χ1n) is 7.89. The standard InChI is InChI=1S/C18H20N2O3S/c1-20(12-7-4-3-5-8-12)11-15(21)19-17-16(18(22)23-2)13-9-6-10-14(13)24-17/h3-5,7-8H,6,9-11H2,1-2H3,(H,19,21). The van der Waals surface area contributed by atoms with Crippen LogP contribution in [-0.2, 0) is 22.4 Å². The number of para-hydroxylation sites is 1. The van der Waals surface area contributed by atoms with Gasteiger partial charge in [0.1, 0.15) is 5.00 Å². The number of amides is 1. The number of carbonyl (C=O) groups excluding carboxylic acids is 2. The van der Waals surface area contributed by atoms with Crippen molar-refractivity contribution in [3.8, 4) is 0 Å². The fourth-order valence-corrected chi connectivity index (χ4v) is 4.26. The summed E-state index contributed by atoms with van der Waals surface area (Å²) in [5, 5.41) is 3.50. The van der Waals surface area contributed by atoms with Crippen molar-refractivity contribution >= 4 is 33.9 Å². The number of esters is 1. The van der Waals surface area contributed by atoms with Crippen molar-refractivity contribution in [2.24, 2.45) is 0 Å². The molecular formula is C18H20N2O3S. The van der Waals surface area contributed by atoms with E-state index in [-0.39, 0.29) is 18.4 Å². The molecule has 1 N–H and O–H groups in total. The third-order valence-electron chi connectivity index (χ3n) is 4.14. The number of anilines is 2. The predicted molar refractivity (Wildman–Crippen MR) is 96.0 cm³/mol. The fourth-order valence-electron chi connectivity index (χ4n) is 2.97. The summed E-state index contributed by atoms with van der Waals surface area (Å²) in [7, 11) is 3.24. The zero-order valence-corrected chi connectivity index (χ0v) is 14.6. The minimum absolute atomic E-state index is 0.147. The largest absolute Gasteiger partial charge is 0.465 e. The molecule has 0 bridgehead atoms. The molecule has 5 nitrogen and oxygen atoms in total. The van der Waals surface area contributed by atoms with E-state index in [1.807, 2.05) is 42.3 Å². The fraction of sp³-hybridized carbons (Fsp3) is 0.333. The molecule has 3 rings (SSSR count). The highest BCUT2D eigenvalue weighted by Crippen LogP contribution is 2.39. The molecule has 1 heterocycles. The Morgan fingerprint density at radius 3 is 2.71 bits per heavy atom. The van der Waals surface area contributed by atoms with Crippen LogP contribution in [0.25, 0.3) is 0 Å². The maximum Gasteiger partial charge on any atom is 0.341 e. The summed E-state index contributed by atoms with van der Waals surface area (Å²) in [4.78, 5) is 27.5. The number of aryl methyl sites for hydroxylation is 1. The Hall–Kier alpha value is -2.34. The van der Waals surface area contributed by atoms with Crippen LogP contribution in [-0.4, -0.2) is 32.6 Å².